The number of primary amides is 1. The molecule has 2 heterocycles. The van der Waals surface area contributed by atoms with Crippen molar-refractivity contribution in [2.75, 3.05) is 18.4 Å². The summed E-state index contributed by atoms with van der Waals surface area (Å²) in [5, 5.41) is 17.3. The number of amides is 2. The summed E-state index contributed by atoms with van der Waals surface area (Å²) in [4.78, 5) is 25.8. The summed E-state index contributed by atoms with van der Waals surface area (Å²) < 4.78 is 7.02. The molecular weight excluding hydrogens is 384 g/mol. The van der Waals surface area contributed by atoms with E-state index in [1.54, 1.807) is 31.6 Å². The molecule has 1 unspecified atom stereocenters. The maximum absolute atomic E-state index is 12.4. The topological polar surface area (TPSA) is 126 Å². The van der Waals surface area contributed by atoms with Crippen LogP contribution in [-0.2, 0) is 4.74 Å². The highest BCUT2D eigenvalue weighted by molar-refractivity contribution is 5.98. The van der Waals surface area contributed by atoms with Gasteiger partial charge in [0.15, 0.2) is 5.82 Å². The van der Waals surface area contributed by atoms with E-state index in [1.165, 1.54) is 4.90 Å². The molecular formula is C21H26N6O3. The molecule has 0 radical (unpaired) electrons. The van der Waals surface area contributed by atoms with Crippen molar-refractivity contribution < 1.29 is 14.3 Å². The zero-order valence-corrected chi connectivity index (χ0v) is 17.3. The first kappa shape index (κ1) is 21.2. The number of carbonyl (C=O) groups excluding carboxylic acids is 2. The molecule has 1 aliphatic heterocycles. The normalized spacial score (nSPS) is 19.1. The van der Waals surface area contributed by atoms with Crippen molar-refractivity contribution in [2.45, 2.75) is 38.8 Å². The van der Waals surface area contributed by atoms with E-state index in [1.807, 2.05) is 30.3 Å². The summed E-state index contributed by atoms with van der Waals surface area (Å²) in [6, 6.07) is 11.3. The van der Waals surface area contributed by atoms with E-state index in [0.717, 1.165) is 5.69 Å². The van der Waals surface area contributed by atoms with Gasteiger partial charge in [-0.2, -0.15) is 10.4 Å². The second-order valence-electron chi connectivity index (χ2n) is 8.24. The predicted molar refractivity (Wildman–Crippen MR) is 111 cm³/mol. The predicted octanol–water partition coefficient (Wildman–Crippen LogP) is 3.05. The number of ether oxygens (including phenoxy) is 1. The fourth-order valence-electron chi connectivity index (χ4n) is 3.37. The van der Waals surface area contributed by atoms with Crippen molar-refractivity contribution >= 4 is 23.5 Å². The molecule has 30 heavy (non-hydrogen) atoms. The Hall–Kier alpha value is -3.54. The van der Waals surface area contributed by atoms with Gasteiger partial charge in [0.25, 0.3) is 5.91 Å². The van der Waals surface area contributed by atoms with Gasteiger partial charge in [0, 0.05) is 25.0 Å². The van der Waals surface area contributed by atoms with Crippen molar-refractivity contribution in [2.24, 2.45) is 11.7 Å². The van der Waals surface area contributed by atoms with Gasteiger partial charge in [-0.1, -0.05) is 18.2 Å². The maximum atomic E-state index is 12.4. The van der Waals surface area contributed by atoms with E-state index < -0.39 is 23.5 Å². The number of nitrogens with two attached hydrogens (primary N) is 1. The number of rotatable bonds is 4. The number of aromatic nitrogens is 2. The zero-order chi connectivity index (χ0) is 21.9. The van der Waals surface area contributed by atoms with Crippen LogP contribution in [0.4, 0.5) is 16.3 Å². The Morgan fingerprint density at radius 3 is 2.60 bits per heavy atom. The van der Waals surface area contributed by atoms with Crippen LogP contribution >= 0.6 is 0 Å². The molecule has 1 aromatic carbocycles. The molecule has 158 valence electrons. The Balaban J connectivity index is 1.80. The summed E-state index contributed by atoms with van der Waals surface area (Å²) in [6.45, 7) is 6.05. The number of nitrogens with zero attached hydrogens (tertiary/aromatic N) is 4. The van der Waals surface area contributed by atoms with Gasteiger partial charge in [0.1, 0.15) is 11.2 Å². The molecule has 1 saturated heterocycles. The number of hydrogen-bond donors (Lipinski definition) is 2. The van der Waals surface area contributed by atoms with Crippen molar-refractivity contribution in [1.82, 2.24) is 14.7 Å². The van der Waals surface area contributed by atoms with Crippen LogP contribution in [0.1, 0.15) is 43.6 Å². The molecule has 9 heteroatoms. The molecule has 3 N–H and O–H groups in total. The monoisotopic (exact) mass is 410 g/mol. The number of hydrogen-bond acceptors (Lipinski definition) is 6. The second-order valence-corrected chi connectivity index (χ2v) is 8.24. The summed E-state index contributed by atoms with van der Waals surface area (Å²) in [6.07, 6.45) is 1.62. The van der Waals surface area contributed by atoms with Gasteiger partial charge < -0.3 is 20.7 Å². The number of nitrogens with one attached hydrogen (secondary N) is 1. The first-order chi connectivity index (χ1) is 14.2. The Morgan fingerprint density at radius 2 is 2.00 bits per heavy atom. The van der Waals surface area contributed by atoms with Crippen molar-refractivity contribution in [1.29, 1.82) is 5.26 Å². The minimum atomic E-state index is -0.612. The average molecular weight is 410 g/mol. The van der Waals surface area contributed by atoms with Crippen LogP contribution in [0, 0.1) is 17.2 Å². The number of carbonyl (C=O) groups is 2. The Labute approximate surface area is 175 Å². The molecule has 0 bridgehead atoms. The van der Waals surface area contributed by atoms with E-state index in [4.69, 9.17) is 10.5 Å². The number of likely N-dealkylation sites (tertiary alicyclic amines) is 1. The fourth-order valence-corrected chi connectivity index (χ4v) is 3.37. The largest absolute Gasteiger partial charge is 0.444 e. The summed E-state index contributed by atoms with van der Waals surface area (Å²) >= 11 is 0. The first-order valence-electron chi connectivity index (χ1n) is 9.76. The number of benzene rings is 1. The standard InChI is InChI=1S/C21H26N6O3/c1-21(2,3)30-20(29)26-10-9-17(14(11-22)12-26)27-13-16(18(23)28)19(25-27)24-15-7-5-4-6-8-15/h4-8,13-14,17H,9-10,12H2,1-3H3,(H2,23,28)(H,24,25)/t14-,17?/m1/s1. The highest BCUT2D eigenvalue weighted by Gasteiger charge is 2.35. The lowest BCUT2D eigenvalue weighted by Gasteiger charge is -2.36. The minimum absolute atomic E-state index is 0.225. The number of piperidine rings is 1. The van der Waals surface area contributed by atoms with Crippen LogP contribution in [0.5, 0.6) is 0 Å². The third-order valence-corrected chi connectivity index (χ3v) is 4.77. The van der Waals surface area contributed by atoms with E-state index in [2.05, 4.69) is 16.5 Å². The van der Waals surface area contributed by atoms with Crippen LogP contribution < -0.4 is 11.1 Å². The Morgan fingerprint density at radius 1 is 1.30 bits per heavy atom. The van der Waals surface area contributed by atoms with Gasteiger partial charge in [-0.05, 0) is 39.3 Å². The third-order valence-electron chi connectivity index (χ3n) is 4.77. The van der Waals surface area contributed by atoms with Crippen LogP contribution in [0.2, 0.25) is 0 Å². The van der Waals surface area contributed by atoms with Crippen LogP contribution in [0.3, 0.4) is 0 Å². The van der Waals surface area contributed by atoms with Crippen molar-refractivity contribution in [3.63, 3.8) is 0 Å². The van der Waals surface area contributed by atoms with E-state index in [9.17, 15) is 14.9 Å². The summed E-state index contributed by atoms with van der Waals surface area (Å²) in [7, 11) is 0. The molecule has 1 aliphatic rings. The molecule has 0 aliphatic carbocycles. The average Bonchev–Trinajstić information content (AvgIpc) is 3.10. The second kappa shape index (κ2) is 8.45. The number of nitriles is 1. The molecule has 0 spiro atoms. The zero-order valence-electron chi connectivity index (χ0n) is 17.3. The van der Waals surface area contributed by atoms with E-state index in [-0.39, 0.29) is 18.2 Å². The molecule has 2 amide bonds. The van der Waals surface area contributed by atoms with Crippen molar-refractivity contribution in [3.05, 3.63) is 42.1 Å². The van der Waals surface area contributed by atoms with Crippen LogP contribution in [-0.4, -0.2) is 45.4 Å². The van der Waals surface area contributed by atoms with Gasteiger partial charge in [-0.15, -0.1) is 0 Å². The fraction of sp³-hybridized carbons (Fsp3) is 0.429. The molecule has 0 saturated carbocycles. The molecule has 2 atom stereocenters. The minimum Gasteiger partial charge on any atom is -0.444 e. The SMILES string of the molecule is CC(C)(C)OC(=O)N1CCC(n2cc(C(N)=O)c(Nc3ccccc3)n2)[C@H](C#N)C1. The summed E-state index contributed by atoms with van der Waals surface area (Å²) in [5.74, 6) is -0.782. The number of anilines is 2. The first-order valence-corrected chi connectivity index (χ1v) is 9.76. The lowest BCUT2D eigenvalue weighted by molar-refractivity contribution is 0.0143. The Bertz CT molecular complexity index is 957. The van der Waals surface area contributed by atoms with Gasteiger partial charge in [0.2, 0.25) is 0 Å². The molecule has 1 aromatic heterocycles. The van der Waals surface area contributed by atoms with Gasteiger partial charge in [-0.25, -0.2) is 4.79 Å². The van der Waals surface area contributed by atoms with E-state index in [0.29, 0.717) is 18.8 Å². The van der Waals surface area contributed by atoms with Crippen LogP contribution in [0.15, 0.2) is 36.5 Å². The lowest BCUT2D eigenvalue weighted by atomic mass is 9.94. The van der Waals surface area contributed by atoms with E-state index >= 15 is 0 Å². The number of para-hydroxylation sites is 1. The quantitative estimate of drug-likeness (QED) is 0.798. The molecule has 2 aromatic rings. The summed E-state index contributed by atoms with van der Waals surface area (Å²) in [5.41, 5.74) is 5.93. The van der Waals surface area contributed by atoms with Gasteiger partial charge >= 0.3 is 6.09 Å². The molecule has 3 rings (SSSR count). The lowest BCUT2D eigenvalue weighted by Crippen LogP contribution is -2.46. The van der Waals surface area contributed by atoms with Crippen LogP contribution in [0.25, 0.3) is 0 Å². The van der Waals surface area contributed by atoms with Crippen molar-refractivity contribution in [3.8, 4) is 6.07 Å². The smallest absolute Gasteiger partial charge is 0.410 e. The maximum Gasteiger partial charge on any atom is 0.410 e. The molecule has 1 fully saturated rings. The van der Waals surface area contributed by atoms with Gasteiger partial charge in [-0.3, -0.25) is 9.48 Å². The third kappa shape index (κ3) is 4.89. The highest BCUT2D eigenvalue weighted by Crippen LogP contribution is 2.31. The molecule has 9 nitrogen and oxygen atoms in total. The van der Waals surface area contributed by atoms with Gasteiger partial charge in [0.05, 0.1) is 18.0 Å². The highest BCUT2D eigenvalue weighted by atomic mass is 16.6. The Kier molecular flexibility index (Phi) is 5.96.